The second-order valence-corrected chi connectivity index (χ2v) is 8.17. The summed E-state index contributed by atoms with van der Waals surface area (Å²) >= 11 is 0. The number of benzene rings is 1. The van der Waals surface area contributed by atoms with Gasteiger partial charge in [0.25, 0.3) is 0 Å². The van der Waals surface area contributed by atoms with Crippen molar-refractivity contribution < 1.29 is 4.79 Å². The molecule has 5 rings (SSSR count). The minimum atomic E-state index is 0. The van der Waals surface area contributed by atoms with Gasteiger partial charge in [0.1, 0.15) is 6.54 Å². The Morgan fingerprint density at radius 3 is 2.24 bits per heavy atom. The second kappa shape index (κ2) is 10.6. The van der Waals surface area contributed by atoms with Gasteiger partial charge < -0.3 is 10.6 Å². The number of aromatic nitrogens is 6. The van der Waals surface area contributed by atoms with Crippen LogP contribution in [-0.2, 0) is 17.9 Å². The lowest BCUT2D eigenvalue weighted by molar-refractivity contribution is -0.130. The summed E-state index contributed by atoms with van der Waals surface area (Å²) in [4.78, 5) is 23.4. The summed E-state index contributed by atoms with van der Waals surface area (Å²) in [6, 6.07) is 8.08. The first kappa shape index (κ1) is 23.6. The highest BCUT2D eigenvalue weighted by Gasteiger charge is 2.18. The number of hydrogen-bond donors (Lipinski definition) is 1. The number of hydrogen-bond acceptors (Lipinski definition) is 6. The van der Waals surface area contributed by atoms with Crippen LogP contribution in [0.25, 0.3) is 33.6 Å². The van der Waals surface area contributed by atoms with Gasteiger partial charge in [-0.2, -0.15) is 10.2 Å². The van der Waals surface area contributed by atoms with Gasteiger partial charge in [-0.15, -0.1) is 12.4 Å². The van der Waals surface area contributed by atoms with E-state index in [0.717, 1.165) is 53.7 Å². The van der Waals surface area contributed by atoms with Crippen LogP contribution in [0, 0.1) is 0 Å². The maximum absolute atomic E-state index is 12.4. The van der Waals surface area contributed by atoms with Crippen molar-refractivity contribution in [3.8, 4) is 33.6 Å². The maximum atomic E-state index is 12.4. The quantitative estimate of drug-likeness (QED) is 0.437. The third-order valence-electron chi connectivity index (χ3n) is 5.82. The topological polar surface area (TPSA) is 108 Å². The molecule has 1 aliphatic heterocycles. The Balaban J connectivity index is 0.00000274. The van der Waals surface area contributed by atoms with Crippen LogP contribution in [0.1, 0.15) is 12.8 Å². The van der Waals surface area contributed by atoms with Gasteiger partial charge >= 0.3 is 0 Å². The van der Waals surface area contributed by atoms with E-state index in [2.05, 4.69) is 26.2 Å². The number of carbonyl (C=O) groups excluding carboxylic acids is 1. The van der Waals surface area contributed by atoms with Gasteiger partial charge in [0.2, 0.25) is 5.91 Å². The Morgan fingerprint density at radius 2 is 1.50 bits per heavy atom. The molecule has 1 aliphatic rings. The summed E-state index contributed by atoms with van der Waals surface area (Å²) < 4.78 is 3.52. The van der Waals surface area contributed by atoms with Crippen molar-refractivity contribution in [3.05, 3.63) is 61.4 Å². The van der Waals surface area contributed by atoms with Crippen molar-refractivity contribution in [2.45, 2.75) is 25.9 Å². The van der Waals surface area contributed by atoms with Crippen molar-refractivity contribution in [3.63, 3.8) is 0 Å². The zero-order valence-corrected chi connectivity index (χ0v) is 19.6. The smallest absolute Gasteiger partial charge is 0.244 e. The monoisotopic (exact) mass is 478 g/mol. The molecule has 34 heavy (non-hydrogen) atoms. The fraction of sp³-hybridized carbons (Fsp3) is 0.292. The van der Waals surface area contributed by atoms with Crippen molar-refractivity contribution >= 4 is 18.3 Å². The van der Waals surface area contributed by atoms with E-state index in [9.17, 15) is 4.79 Å². The normalized spacial score (nSPS) is 13.1. The molecule has 9 nitrogen and oxygen atoms in total. The van der Waals surface area contributed by atoms with E-state index in [1.807, 2.05) is 46.4 Å². The Bertz CT molecular complexity index is 1240. The molecule has 0 spiro atoms. The van der Waals surface area contributed by atoms with Gasteiger partial charge in [0.15, 0.2) is 5.82 Å². The molecule has 4 heterocycles. The van der Waals surface area contributed by atoms with E-state index in [-0.39, 0.29) is 24.9 Å². The van der Waals surface area contributed by atoms with E-state index in [4.69, 9.17) is 5.73 Å². The molecule has 0 aliphatic carbocycles. The van der Waals surface area contributed by atoms with E-state index in [1.165, 1.54) is 0 Å². The molecule has 1 amide bonds. The summed E-state index contributed by atoms with van der Waals surface area (Å²) in [5.74, 6) is 0.758. The highest BCUT2D eigenvalue weighted by Crippen LogP contribution is 2.25. The zero-order chi connectivity index (χ0) is 22.6. The third-order valence-corrected chi connectivity index (χ3v) is 5.82. The zero-order valence-electron chi connectivity index (χ0n) is 18.7. The van der Waals surface area contributed by atoms with Crippen molar-refractivity contribution in [1.29, 1.82) is 0 Å². The lowest BCUT2D eigenvalue weighted by Gasteiger charge is -2.14. The van der Waals surface area contributed by atoms with Gasteiger partial charge in [-0.1, -0.05) is 18.2 Å². The molecular formula is C24H27ClN8O. The molecule has 1 fully saturated rings. The Morgan fingerprint density at radius 1 is 0.853 bits per heavy atom. The molecule has 176 valence electrons. The molecule has 2 N–H and O–H groups in total. The molecule has 0 radical (unpaired) electrons. The van der Waals surface area contributed by atoms with Crippen LogP contribution in [0.3, 0.4) is 0 Å². The van der Waals surface area contributed by atoms with Crippen LogP contribution < -0.4 is 5.73 Å². The largest absolute Gasteiger partial charge is 0.341 e. The minimum Gasteiger partial charge on any atom is -0.341 e. The second-order valence-electron chi connectivity index (χ2n) is 8.17. The summed E-state index contributed by atoms with van der Waals surface area (Å²) in [6.07, 6.45) is 13.2. The van der Waals surface area contributed by atoms with Crippen molar-refractivity contribution in [2.75, 3.05) is 19.6 Å². The van der Waals surface area contributed by atoms with Crippen LogP contribution in [0.4, 0.5) is 0 Å². The lowest BCUT2D eigenvalue weighted by atomic mass is 10.1. The first-order chi connectivity index (χ1) is 16.2. The first-order valence-electron chi connectivity index (χ1n) is 11.2. The number of likely N-dealkylation sites (tertiary alicyclic amines) is 1. The molecule has 0 bridgehead atoms. The van der Waals surface area contributed by atoms with Gasteiger partial charge in [-0.05, 0) is 24.5 Å². The minimum absolute atomic E-state index is 0. The van der Waals surface area contributed by atoms with Crippen molar-refractivity contribution in [2.24, 2.45) is 5.73 Å². The van der Waals surface area contributed by atoms with E-state index in [1.54, 1.807) is 23.3 Å². The number of nitrogens with two attached hydrogens (primary N) is 1. The maximum Gasteiger partial charge on any atom is 0.244 e. The van der Waals surface area contributed by atoms with E-state index < -0.39 is 0 Å². The molecule has 1 saturated heterocycles. The summed E-state index contributed by atoms with van der Waals surface area (Å²) in [6.45, 7) is 3.19. The van der Waals surface area contributed by atoms with Gasteiger partial charge in [-0.3, -0.25) is 14.2 Å². The van der Waals surface area contributed by atoms with Crippen LogP contribution in [-0.4, -0.2) is 60.0 Å². The highest BCUT2D eigenvalue weighted by molar-refractivity contribution is 5.85. The first-order valence-corrected chi connectivity index (χ1v) is 11.2. The molecule has 0 unspecified atom stereocenters. The number of nitrogens with zero attached hydrogens (tertiary/aromatic N) is 7. The van der Waals surface area contributed by atoms with Crippen LogP contribution >= 0.6 is 12.4 Å². The van der Waals surface area contributed by atoms with Gasteiger partial charge in [-0.25, -0.2) is 9.97 Å². The molecule has 4 aromatic rings. The third kappa shape index (κ3) is 5.16. The van der Waals surface area contributed by atoms with Gasteiger partial charge in [0.05, 0.1) is 18.9 Å². The Kier molecular flexibility index (Phi) is 7.34. The molecule has 1 aromatic carbocycles. The van der Waals surface area contributed by atoms with Crippen LogP contribution in [0.2, 0.25) is 0 Å². The standard InChI is InChI=1S/C24H26N8O.ClH/c25-6-9-31-15-21(13-28-31)18-4-3-5-19(10-18)24-26-11-20(12-27-24)22-14-29-32(16-22)17-23(33)30-7-1-2-8-30;/h3-5,10-16H,1-2,6-9,17,25H2;1H. The molecular weight excluding hydrogens is 452 g/mol. The number of rotatable bonds is 7. The van der Waals surface area contributed by atoms with Crippen LogP contribution in [0.15, 0.2) is 61.4 Å². The van der Waals surface area contributed by atoms with E-state index in [0.29, 0.717) is 18.9 Å². The number of halogens is 1. The molecule has 3 aromatic heterocycles. The number of carbonyl (C=O) groups is 1. The fourth-order valence-electron chi connectivity index (χ4n) is 4.04. The summed E-state index contributed by atoms with van der Waals surface area (Å²) in [5, 5.41) is 8.69. The average Bonchev–Trinajstić information content (AvgIpc) is 3.62. The summed E-state index contributed by atoms with van der Waals surface area (Å²) in [7, 11) is 0. The lowest BCUT2D eigenvalue weighted by Crippen LogP contribution is -2.31. The van der Waals surface area contributed by atoms with Crippen molar-refractivity contribution in [1.82, 2.24) is 34.4 Å². The SMILES string of the molecule is Cl.NCCn1cc(-c2cccc(-c3ncc(-c4cnn(CC(=O)N5CCCC5)c4)cn3)c2)cn1. The molecule has 10 heteroatoms. The molecule has 0 atom stereocenters. The predicted molar refractivity (Wildman–Crippen MR) is 132 cm³/mol. The Hall–Kier alpha value is -3.56. The fourth-order valence-corrected chi connectivity index (χ4v) is 4.04. The van der Waals surface area contributed by atoms with Crippen LogP contribution in [0.5, 0.6) is 0 Å². The van der Waals surface area contributed by atoms with E-state index >= 15 is 0 Å². The average molecular weight is 479 g/mol. The number of amides is 1. The summed E-state index contributed by atoms with van der Waals surface area (Å²) in [5.41, 5.74) is 10.4. The Labute approximate surface area is 204 Å². The van der Waals surface area contributed by atoms with Gasteiger partial charge in [0, 0.05) is 66.7 Å². The molecule has 0 saturated carbocycles. The highest BCUT2D eigenvalue weighted by atomic mass is 35.5. The predicted octanol–water partition coefficient (Wildman–Crippen LogP) is 2.87.